The van der Waals surface area contributed by atoms with Crippen LogP contribution in [0.15, 0.2) is 71.9 Å². The number of hydrogen-bond acceptors (Lipinski definition) is 4. The minimum Gasteiger partial charge on any atom is -0.385 e. The molecule has 2 aromatic heterocycles. The molecule has 5 rings (SSSR count). The number of methoxy groups -OCH3 is 1. The smallest absolute Gasteiger partial charge is 0.156 e. The molecule has 0 bridgehead atoms. The highest BCUT2D eigenvalue weighted by molar-refractivity contribution is 6.07. The Morgan fingerprint density at radius 1 is 1.00 bits per heavy atom. The number of nitrogens with zero attached hydrogens (tertiary/aromatic N) is 3. The fourth-order valence-corrected chi connectivity index (χ4v) is 4.05. The first-order valence-corrected chi connectivity index (χ1v) is 10.7. The van der Waals surface area contributed by atoms with Crippen LogP contribution in [-0.4, -0.2) is 34.4 Å². The fraction of sp³-hybridized carbons (Fsp3) is 0.192. The molecule has 0 radical (unpaired) electrons. The quantitative estimate of drug-likeness (QED) is 0.395. The van der Waals surface area contributed by atoms with Crippen molar-refractivity contribution in [1.29, 1.82) is 0 Å². The van der Waals surface area contributed by atoms with E-state index in [0.717, 1.165) is 63.8 Å². The van der Waals surface area contributed by atoms with Gasteiger partial charge < -0.3 is 9.72 Å². The molecule has 0 amide bonds. The van der Waals surface area contributed by atoms with E-state index in [2.05, 4.69) is 22.1 Å². The van der Waals surface area contributed by atoms with Gasteiger partial charge in [-0.1, -0.05) is 30.3 Å². The van der Waals surface area contributed by atoms with E-state index in [9.17, 15) is 4.39 Å². The van der Waals surface area contributed by atoms with Gasteiger partial charge in [-0.2, -0.15) is 0 Å². The summed E-state index contributed by atoms with van der Waals surface area (Å²) in [5, 5.41) is 0. The Kier molecular flexibility index (Phi) is 5.60. The molecule has 0 aliphatic carbocycles. The van der Waals surface area contributed by atoms with Gasteiger partial charge in [-0.05, 0) is 42.3 Å². The van der Waals surface area contributed by atoms with Crippen LogP contribution < -0.4 is 0 Å². The summed E-state index contributed by atoms with van der Waals surface area (Å²) in [6, 6.07) is 18.6. The van der Waals surface area contributed by atoms with Gasteiger partial charge in [0.25, 0.3) is 0 Å². The number of aromatic nitrogens is 3. The first kappa shape index (κ1) is 20.3. The number of hydrogen-bond donors (Lipinski definition) is 1. The minimum absolute atomic E-state index is 0.267. The highest BCUT2D eigenvalue weighted by atomic mass is 19.1. The van der Waals surface area contributed by atoms with E-state index in [0.29, 0.717) is 13.0 Å². The zero-order chi connectivity index (χ0) is 21.9. The third-order valence-electron chi connectivity index (χ3n) is 5.63. The summed E-state index contributed by atoms with van der Waals surface area (Å²) in [4.78, 5) is 17.7. The Bertz CT molecular complexity index is 1260. The predicted molar refractivity (Wildman–Crippen MR) is 124 cm³/mol. The summed E-state index contributed by atoms with van der Waals surface area (Å²) in [6.07, 6.45) is 4.11. The van der Waals surface area contributed by atoms with Crippen LogP contribution in [0.3, 0.4) is 0 Å². The molecule has 6 heteroatoms. The summed E-state index contributed by atoms with van der Waals surface area (Å²) in [5.41, 5.74) is 6.77. The maximum Gasteiger partial charge on any atom is 0.156 e. The molecule has 1 aliphatic heterocycles. The molecule has 4 aromatic rings. The van der Waals surface area contributed by atoms with Gasteiger partial charge in [0.1, 0.15) is 11.6 Å². The van der Waals surface area contributed by atoms with Crippen molar-refractivity contribution >= 4 is 11.5 Å². The molecular formula is C26H23FN4O. The number of fused-ring (bicyclic) bond motifs is 1. The summed E-state index contributed by atoms with van der Waals surface area (Å²) in [7, 11) is 1.70. The number of benzene rings is 2. The third kappa shape index (κ3) is 3.97. The summed E-state index contributed by atoms with van der Waals surface area (Å²) < 4.78 is 18.7. The number of aromatic amines is 1. The summed E-state index contributed by atoms with van der Waals surface area (Å²) in [5.74, 6) is 1.35. The van der Waals surface area contributed by atoms with Gasteiger partial charge in [0.15, 0.2) is 5.82 Å². The molecule has 3 heterocycles. The molecule has 0 spiro atoms. The highest BCUT2D eigenvalue weighted by Crippen LogP contribution is 2.38. The van der Waals surface area contributed by atoms with Crippen molar-refractivity contribution in [2.45, 2.75) is 19.3 Å². The lowest BCUT2D eigenvalue weighted by atomic mass is 9.97. The molecule has 1 N–H and O–H groups in total. The van der Waals surface area contributed by atoms with Gasteiger partial charge in [-0.15, -0.1) is 0 Å². The average Bonchev–Trinajstić information content (AvgIpc) is 3.45. The Morgan fingerprint density at radius 2 is 1.81 bits per heavy atom. The predicted octanol–water partition coefficient (Wildman–Crippen LogP) is 5.53. The highest BCUT2D eigenvalue weighted by Gasteiger charge is 2.24. The average molecular weight is 426 g/mol. The van der Waals surface area contributed by atoms with Crippen LogP contribution in [-0.2, 0) is 17.6 Å². The third-order valence-corrected chi connectivity index (χ3v) is 5.63. The molecule has 0 unspecified atom stereocenters. The molecule has 2 aromatic carbocycles. The maximum atomic E-state index is 13.6. The number of pyridine rings is 1. The van der Waals surface area contributed by atoms with Gasteiger partial charge >= 0.3 is 0 Å². The zero-order valence-electron chi connectivity index (χ0n) is 17.8. The van der Waals surface area contributed by atoms with E-state index in [-0.39, 0.29) is 5.82 Å². The monoisotopic (exact) mass is 426 g/mol. The molecule has 0 saturated carbocycles. The second kappa shape index (κ2) is 8.85. The van der Waals surface area contributed by atoms with E-state index in [4.69, 9.17) is 14.7 Å². The zero-order valence-corrected chi connectivity index (χ0v) is 17.8. The number of rotatable bonds is 7. The standard InChI is InChI=1S/C26H23FN4O/c1-32-15-5-8-23-30-24(18-9-11-19(27)12-10-18)25(31-23)20-13-14-28-26-21(20)16-22(29-26)17-6-3-2-4-7-17/h2-4,6-7,9-14H,5,8,15-16H2,1H3,(H,30,31). The second-order valence-electron chi connectivity index (χ2n) is 7.77. The number of imidazole rings is 1. The van der Waals surface area contributed by atoms with E-state index in [1.807, 2.05) is 24.3 Å². The van der Waals surface area contributed by atoms with Crippen molar-refractivity contribution in [3.05, 3.63) is 89.6 Å². The van der Waals surface area contributed by atoms with Crippen LogP contribution in [0.1, 0.15) is 23.4 Å². The Balaban J connectivity index is 1.56. The van der Waals surface area contributed by atoms with Crippen molar-refractivity contribution in [3.63, 3.8) is 0 Å². The number of ether oxygens (including phenoxy) is 1. The first-order valence-electron chi connectivity index (χ1n) is 10.7. The first-order chi connectivity index (χ1) is 15.7. The van der Waals surface area contributed by atoms with Crippen molar-refractivity contribution < 1.29 is 9.13 Å². The van der Waals surface area contributed by atoms with Crippen LogP contribution >= 0.6 is 0 Å². The number of aliphatic imine (C=N–C) groups is 1. The Hall–Kier alpha value is -3.64. The topological polar surface area (TPSA) is 63.2 Å². The SMILES string of the molecule is COCCCc1nc(-c2ccc(F)cc2)c(-c2ccnc3c2CC(c2ccccc2)=N3)[nH]1. The number of halogens is 1. The van der Waals surface area contributed by atoms with Crippen molar-refractivity contribution in [2.24, 2.45) is 4.99 Å². The normalized spacial score (nSPS) is 12.6. The van der Waals surface area contributed by atoms with Gasteiger partial charge in [0, 0.05) is 49.4 Å². The lowest BCUT2D eigenvalue weighted by Crippen LogP contribution is -2.01. The molecular weight excluding hydrogens is 403 g/mol. The maximum absolute atomic E-state index is 13.6. The Morgan fingerprint density at radius 3 is 2.59 bits per heavy atom. The van der Waals surface area contributed by atoms with Crippen LogP contribution in [0.2, 0.25) is 0 Å². The van der Waals surface area contributed by atoms with Crippen LogP contribution in [0.4, 0.5) is 10.2 Å². The molecule has 5 nitrogen and oxygen atoms in total. The van der Waals surface area contributed by atoms with Crippen LogP contribution in [0, 0.1) is 5.82 Å². The van der Waals surface area contributed by atoms with E-state index in [1.165, 1.54) is 12.1 Å². The summed E-state index contributed by atoms with van der Waals surface area (Å²) >= 11 is 0. The van der Waals surface area contributed by atoms with Gasteiger partial charge in [-0.3, -0.25) is 0 Å². The lowest BCUT2D eigenvalue weighted by molar-refractivity contribution is 0.194. The number of H-pyrrole nitrogens is 1. The van der Waals surface area contributed by atoms with Crippen LogP contribution in [0.25, 0.3) is 22.5 Å². The minimum atomic E-state index is -0.267. The second-order valence-corrected chi connectivity index (χ2v) is 7.77. The fourth-order valence-electron chi connectivity index (χ4n) is 4.05. The van der Waals surface area contributed by atoms with E-state index < -0.39 is 0 Å². The van der Waals surface area contributed by atoms with Gasteiger partial charge in [0.05, 0.1) is 17.1 Å². The van der Waals surface area contributed by atoms with Crippen LogP contribution in [0.5, 0.6) is 0 Å². The Labute approximate surface area is 186 Å². The largest absolute Gasteiger partial charge is 0.385 e. The molecule has 0 atom stereocenters. The summed E-state index contributed by atoms with van der Waals surface area (Å²) in [6.45, 7) is 0.668. The van der Waals surface area contributed by atoms with Crippen molar-refractivity contribution in [1.82, 2.24) is 15.0 Å². The van der Waals surface area contributed by atoms with Crippen molar-refractivity contribution in [2.75, 3.05) is 13.7 Å². The molecule has 1 aliphatic rings. The molecule has 0 fully saturated rings. The number of nitrogens with one attached hydrogen (secondary N) is 1. The van der Waals surface area contributed by atoms with Crippen molar-refractivity contribution in [3.8, 4) is 22.5 Å². The number of aryl methyl sites for hydroxylation is 1. The van der Waals surface area contributed by atoms with Gasteiger partial charge in [-0.25, -0.2) is 19.4 Å². The van der Waals surface area contributed by atoms with E-state index >= 15 is 0 Å². The molecule has 32 heavy (non-hydrogen) atoms. The van der Waals surface area contributed by atoms with Gasteiger partial charge in [0.2, 0.25) is 0 Å². The lowest BCUT2D eigenvalue weighted by Gasteiger charge is -2.08. The van der Waals surface area contributed by atoms with E-state index in [1.54, 1.807) is 25.4 Å². The molecule has 160 valence electrons. The molecule has 0 saturated heterocycles.